The molecule has 5 rings (SSSR count). The number of aliphatic imine (C=N–C) groups is 1. The van der Waals surface area contributed by atoms with Gasteiger partial charge in [0.25, 0.3) is 5.91 Å². The molecule has 0 radical (unpaired) electrons. The van der Waals surface area contributed by atoms with Crippen molar-refractivity contribution in [2.45, 2.75) is 0 Å². The summed E-state index contributed by atoms with van der Waals surface area (Å²) in [7, 11) is 0. The van der Waals surface area contributed by atoms with Crippen molar-refractivity contribution in [3.05, 3.63) is 93.4 Å². The first-order valence-electron chi connectivity index (χ1n) is 12.3. The minimum Gasteiger partial charge on any atom is -0.378 e. The average molecular weight is 671 g/mol. The molecule has 0 spiro atoms. The van der Waals surface area contributed by atoms with Gasteiger partial charge in [-0.2, -0.15) is 4.99 Å². The lowest BCUT2D eigenvalue weighted by atomic mass is 10.0. The molecule has 1 aliphatic rings. The van der Waals surface area contributed by atoms with Gasteiger partial charge in [-0.25, -0.2) is 27.8 Å². The zero-order valence-corrected chi connectivity index (χ0v) is 23.4. The van der Waals surface area contributed by atoms with Crippen LogP contribution in [0.4, 0.5) is 29.5 Å². The summed E-state index contributed by atoms with van der Waals surface area (Å²) in [6.45, 7) is 2.45. The summed E-state index contributed by atoms with van der Waals surface area (Å²) in [6, 6.07) is 12.1. The maximum absolute atomic E-state index is 15.0. The third kappa shape index (κ3) is 6.09. The quantitative estimate of drug-likeness (QED) is 0.214. The van der Waals surface area contributed by atoms with Crippen molar-refractivity contribution in [2.75, 3.05) is 31.2 Å². The molecule has 1 saturated heterocycles. The number of para-hydroxylation sites is 1. The van der Waals surface area contributed by atoms with E-state index in [1.54, 1.807) is 18.3 Å². The fraction of sp³-hybridized carbons (Fsp3) is 0.138. The molecule has 1 aromatic heterocycles. The van der Waals surface area contributed by atoms with E-state index in [4.69, 9.17) is 10.5 Å². The summed E-state index contributed by atoms with van der Waals surface area (Å²) in [5, 5.41) is 0.737. The van der Waals surface area contributed by atoms with Crippen LogP contribution in [0.1, 0.15) is 10.4 Å². The van der Waals surface area contributed by atoms with Crippen molar-refractivity contribution in [3.63, 3.8) is 0 Å². The van der Waals surface area contributed by atoms with Gasteiger partial charge in [-0.15, -0.1) is 0 Å². The molecule has 41 heavy (non-hydrogen) atoms. The Bertz CT molecular complexity index is 1720. The first kappa shape index (κ1) is 28.3. The molecule has 0 unspecified atom stereocenters. The van der Waals surface area contributed by atoms with Crippen molar-refractivity contribution in [2.24, 2.45) is 10.7 Å². The fourth-order valence-corrected chi connectivity index (χ4v) is 5.07. The SMILES string of the molecule is NC(=O)N(c1cc2cc(C(=O)N=C=CN3CCOCC3)ccc2c(-c2ccc(F)cc2F)n1)c1c(F)cccc1I. The average Bonchev–Trinajstić information content (AvgIpc) is 2.94. The Kier molecular flexibility index (Phi) is 8.34. The topological polar surface area (TPSA) is 101 Å². The number of morpholine rings is 1. The smallest absolute Gasteiger partial charge is 0.325 e. The van der Waals surface area contributed by atoms with E-state index in [2.05, 4.69) is 15.8 Å². The van der Waals surface area contributed by atoms with Crippen LogP contribution in [0.25, 0.3) is 22.0 Å². The Balaban J connectivity index is 1.66. The molecule has 1 aliphatic heterocycles. The lowest BCUT2D eigenvalue weighted by molar-refractivity contribution is 0.0600. The van der Waals surface area contributed by atoms with Crippen molar-refractivity contribution >= 4 is 62.7 Å². The van der Waals surface area contributed by atoms with Crippen LogP contribution in [0.2, 0.25) is 0 Å². The number of fused-ring (bicyclic) bond motifs is 1. The second kappa shape index (κ2) is 12.1. The van der Waals surface area contributed by atoms with E-state index < -0.39 is 29.4 Å². The number of ether oxygens (including phenoxy) is 1. The van der Waals surface area contributed by atoms with E-state index in [1.807, 2.05) is 27.5 Å². The third-order valence-corrected chi connectivity index (χ3v) is 7.18. The van der Waals surface area contributed by atoms with Crippen LogP contribution in [0.15, 0.2) is 71.9 Å². The van der Waals surface area contributed by atoms with E-state index in [9.17, 15) is 22.8 Å². The number of pyridine rings is 1. The lowest BCUT2D eigenvalue weighted by Crippen LogP contribution is -2.33. The Labute approximate surface area is 246 Å². The number of carbonyl (C=O) groups is 2. The first-order valence-corrected chi connectivity index (χ1v) is 13.4. The van der Waals surface area contributed by atoms with Crippen molar-refractivity contribution in [1.29, 1.82) is 0 Å². The molecule has 4 aromatic rings. The number of urea groups is 1. The Morgan fingerprint density at radius 3 is 2.54 bits per heavy atom. The van der Waals surface area contributed by atoms with Gasteiger partial charge in [0, 0.05) is 45.1 Å². The number of benzene rings is 3. The Hall–Kier alpha value is -4.26. The van der Waals surface area contributed by atoms with E-state index in [0.717, 1.165) is 17.0 Å². The number of hydrogen-bond acceptors (Lipinski definition) is 5. The number of nitrogens with zero attached hydrogens (tertiary/aromatic N) is 4. The van der Waals surface area contributed by atoms with Gasteiger partial charge in [-0.05, 0) is 70.4 Å². The van der Waals surface area contributed by atoms with Crippen LogP contribution in [0.3, 0.4) is 0 Å². The highest BCUT2D eigenvalue weighted by atomic mass is 127. The van der Waals surface area contributed by atoms with Gasteiger partial charge < -0.3 is 15.4 Å². The van der Waals surface area contributed by atoms with Crippen LogP contribution in [-0.4, -0.2) is 54.0 Å². The minimum atomic E-state index is -1.05. The lowest BCUT2D eigenvalue weighted by Gasteiger charge is -2.23. The summed E-state index contributed by atoms with van der Waals surface area (Å²) < 4.78 is 49.3. The number of primary amides is 1. The van der Waals surface area contributed by atoms with Gasteiger partial charge >= 0.3 is 6.03 Å². The molecular formula is C29H21F3IN5O3. The fourth-order valence-electron chi connectivity index (χ4n) is 4.36. The van der Waals surface area contributed by atoms with E-state index >= 15 is 0 Å². The molecule has 0 aliphatic carbocycles. The Morgan fingerprint density at radius 1 is 1.05 bits per heavy atom. The number of nitrogens with two attached hydrogens (primary N) is 1. The summed E-state index contributed by atoms with van der Waals surface area (Å²) in [5.74, 6) is -0.519. The second-order valence-electron chi connectivity index (χ2n) is 8.96. The molecule has 2 heterocycles. The monoisotopic (exact) mass is 671 g/mol. The highest BCUT2D eigenvalue weighted by Crippen LogP contribution is 2.37. The zero-order valence-electron chi connectivity index (χ0n) is 21.3. The highest BCUT2D eigenvalue weighted by Gasteiger charge is 2.25. The van der Waals surface area contributed by atoms with Gasteiger partial charge in [0.1, 0.15) is 29.0 Å². The molecule has 0 saturated carbocycles. The maximum atomic E-state index is 15.0. The van der Waals surface area contributed by atoms with Crippen molar-refractivity contribution < 1.29 is 27.5 Å². The number of halogens is 4. The molecule has 208 valence electrons. The number of rotatable bonds is 5. The predicted molar refractivity (Wildman–Crippen MR) is 157 cm³/mol. The minimum absolute atomic E-state index is 0.0299. The molecule has 1 fully saturated rings. The van der Waals surface area contributed by atoms with Crippen LogP contribution >= 0.6 is 22.6 Å². The van der Waals surface area contributed by atoms with Crippen LogP contribution in [0.5, 0.6) is 0 Å². The molecule has 12 heteroatoms. The molecule has 3 aromatic carbocycles. The van der Waals surface area contributed by atoms with Gasteiger partial charge in [0.05, 0.1) is 25.1 Å². The number of hydrogen-bond donors (Lipinski definition) is 1. The number of amides is 3. The van der Waals surface area contributed by atoms with E-state index in [0.29, 0.717) is 46.7 Å². The van der Waals surface area contributed by atoms with Crippen LogP contribution < -0.4 is 10.6 Å². The van der Waals surface area contributed by atoms with E-state index in [1.165, 1.54) is 30.3 Å². The second-order valence-corrected chi connectivity index (χ2v) is 10.1. The summed E-state index contributed by atoms with van der Waals surface area (Å²) in [6.07, 6.45) is 1.58. The molecular weight excluding hydrogens is 650 g/mol. The number of anilines is 2. The summed E-state index contributed by atoms with van der Waals surface area (Å²) >= 11 is 1.85. The molecule has 3 amide bonds. The molecule has 0 bridgehead atoms. The van der Waals surface area contributed by atoms with Crippen LogP contribution in [0, 0.1) is 21.0 Å². The van der Waals surface area contributed by atoms with Gasteiger partial charge in [0.15, 0.2) is 0 Å². The van der Waals surface area contributed by atoms with Crippen molar-refractivity contribution in [1.82, 2.24) is 9.88 Å². The van der Waals surface area contributed by atoms with E-state index in [-0.39, 0.29) is 28.3 Å². The maximum Gasteiger partial charge on any atom is 0.325 e. The Morgan fingerprint density at radius 2 is 1.83 bits per heavy atom. The first-order chi connectivity index (χ1) is 19.7. The highest BCUT2D eigenvalue weighted by molar-refractivity contribution is 14.1. The standard InChI is InChI=1S/C29H21F3IN5O3/c30-19-5-7-21(23(32)16-19)26-20-6-4-17(28(39)35-8-9-37-10-12-41-13-11-37)14-18(20)15-25(36-26)38(29(34)40)27-22(31)2-1-3-24(27)33/h1-7,9,14-16H,10-13H2,(H2,34,40). The normalized spacial score (nSPS) is 13.0. The zero-order chi connectivity index (χ0) is 29.1. The molecule has 2 N–H and O–H groups in total. The van der Waals surface area contributed by atoms with Gasteiger partial charge in [-0.1, -0.05) is 12.1 Å². The third-order valence-electron chi connectivity index (χ3n) is 6.31. The van der Waals surface area contributed by atoms with Gasteiger partial charge in [0.2, 0.25) is 0 Å². The van der Waals surface area contributed by atoms with Crippen LogP contribution in [-0.2, 0) is 4.74 Å². The molecule has 0 atom stereocenters. The molecule has 8 nitrogen and oxygen atoms in total. The number of carbonyl (C=O) groups excluding carboxylic acids is 2. The predicted octanol–water partition coefficient (Wildman–Crippen LogP) is 5.80. The summed E-state index contributed by atoms with van der Waals surface area (Å²) in [5.41, 5.74) is 5.66. The number of aromatic nitrogens is 1. The van der Waals surface area contributed by atoms with Gasteiger partial charge in [-0.3, -0.25) is 4.79 Å². The van der Waals surface area contributed by atoms with Crippen molar-refractivity contribution in [3.8, 4) is 11.3 Å². The largest absolute Gasteiger partial charge is 0.378 e. The summed E-state index contributed by atoms with van der Waals surface area (Å²) in [4.78, 5) is 36.6.